The number of alkyl halides is 1. The molecule has 2 rings (SSSR count). The summed E-state index contributed by atoms with van der Waals surface area (Å²) >= 11 is 2.94. The number of pyridine rings is 1. The number of carbonyl (C=O) groups excluding carboxylic acids is 2. The number of aromatic nitrogens is 1. The molecule has 1 aromatic heterocycles. The third-order valence-corrected chi connectivity index (χ3v) is 3.10. The predicted molar refractivity (Wildman–Crippen MR) is 105 cm³/mol. The lowest BCUT2D eigenvalue weighted by Gasteiger charge is -2.05. The van der Waals surface area contributed by atoms with E-state index >= 15 is 0 Å². The quantitative estimate of drug-likeness (QED) is 0.453. The summed E-state index contributed by atoms with van der Waals surface area (Å²) in [5.74, 6) is 1.58. The number of esters is 1. The van der Waals surface area contributed by atoms with Gasteiger partial charge in [0.25, 0.3) is 5.91 Å². The van der Waals surface area contributed by atoms with Gasteiger partial charge in [0.1, 0.15) is 11.3 Å². The average molecular weight is 426 g/mol. The Morgan fingerprint density at radius 1 is 1.04 bits per heavy atom. The maximum Gasteiger partial charge on any atom is 0.343 e. The lowest BCUT2D eigenvalue weighted by molar-refractivity contribution is -0.683. The van der Waals surface area contributed by atoms with Crippen molar-refractivity contribution in [3.8, 4) is 16.9 Å². The number of rotatable bonds is 5. The Hall–Kier alpha value is -2.41. The third-order valence-electron chi connectivity index (χ3n) is 3.10. The molecule has 0 radical (unpaired) electrons. The molecule has 0 saturated carbocycles. The Morgan fingerprint density at radius 3 is 2.08 bits per heavy atom. The van der Waals surface area contributed by atoms with Gasteiger partial charge < -0.3 is 15.2 Å². The molecule has 0 saturated heterocycles. The van der Waals surface area contributed by atoms with E-state index in [9.17, 15) is 9.59 Å². The molecular formula is C19H26BrN2O4+. The van der Waals surface area contributed by atoms with Crippen LogP contribution in [0.4, 0.5) is 0 Å². The second kappa shape index (κ2) is 12.9. The van der Waals surface area contributed by atoms with Crippen LogP contribution in [0, 0.1) is 0 Å². The Labute approximate surface area is 163 Å². The predicted octanol–water partition coefficient (Wildman–Crippen LogP) is 2.96. The summed E-state index contributed by atoms with van der Waals surface area (Å²) in [6.45, 7) is 3.98. The lowest BCUT2D eigenvalue weighted by Crippen LogP contribution is -2.41. The number of amides is 1. The standard InChI is InChI=1S/C16H16N2O4.C2H6.CH3Br/c1-21-14-5-3-11(4-6-14)12-7-13(16(20)22-2)9-18(8-12)10-15(17)19;2*1-2/h3-9H,10H2,1-2H3,(H-,17,19);1-2H3;1H3/p+1. The third kappa shape index (κ3) is 7.23. The number of nitrogens with zero attached hydrogens (tertiary/aromatic N) is 1. The minimum Gasteiger partial charge on any atom is -0.497 e. The summed E-state index contributed by atoms with van der Waals surface area (Å²) < 4.78 is 11.4. The zero-order chi connectivity index (χ0) is 20.1. The molecule has 0 unspecified atom stereocenters. The number of benzene rings is 1. The van der Waals surface area contributed by atoms with Gasteiger partial charge in [0.15, 0.2) is 12.4 Å². The molecule has 2 N–H and O–H groups in total. The van der Waals surface area contributed by atoms with Crippen LogP contribution in [0.3, 0.4) is 0 Å². The Balaban J connectivity index is 0.00000146. The molecule has 1 amide bonds. The van der Waals surface area contributed by atoms with Gasteiger partial charge in [-0.1, -0.05) is 41.9 Å². The fourth-order valence-electron chi connectivity index (χ4n) is 2.08. The molecule has 6 nitrogen and oxygen atoms in total. The van der Waals surface area contributed by atoms with Crippen LogP contribution in [-0.2, 0) is 16.1 Å². The molecule has 7 heteroatoms. The van der Waals surface area contributed by atoms with Crippen molar-refractivity contribution in [1.29, 1.82) is 0 Å². The summed E-state index contributed by atoms with van der Waals surface area (Å²) in [7, 11) is 2.90. The van der Waals surface area contributed by atoms with Gasteiger partial charge in [-0.05, 0) is 29.6 Å². The highest BCUT2D eigenvalue weighted by Gasteiger charge is 2.16. The van der Waals surface area contributed by atoms with Crippen molar-refractivity contribution in [2.45, 2.75) is 20.4 Å². The molecule has 0 fully saturated rings. The van der Waals surface area contributed by atoms with Crippen LogP contribution >= 0.6 is 15.9 Å². The van der Waals surface area contributed by atoms with Crippen LogP contribution in [0.5, 0.6) is 5.75 Å². The van der Waals surface area contributed by atoms with Gasteiger partial charge in [0.2, 0.25) is 6.54 Å². The maximum absolute atomic E-state index is 11.8. The number of nitrogens with two attached hydrogens (primary N) is 1. The first kappa shape index (κ1) is 23.6. The Bertz CT molecular complexity index is 703. The number of carbonyl (C=O) groups is 2. The Kier molecular flexibility index (Phi) is 11.7. The van der Waals surface area contributed by atoms with Crippen molar-refractivity contribution in [3.05, 3.63) is 48.3 Å². The molecule has 26 heavy (non-hydrogen) atoms. The summed E-state index contributed by atoms with van der Waals surface area (Å²) in [6, 6.07) is 9.07. The van der Waals surface area contributed by atoms with Crippen molar-refractivity contribution in [2.24, 2.45) is 5.73 Å². The van der Waals surface area contributed by atoms with E-state index in [1.165, 1.54) is 13.3 Å². The Morgan fingerprint density at radius 2 is 1.62 bits per heavy atom. The van der Waals surface area contributed by atoms with Gasteiger partial charge in [-0.2, -0.15) is 4.57 Å². The van der Waals surface area contributed by atoms with Gasteiger partial charge in [-0.25, -0.2) is 4.79 Å². The van der Waals surface area contributed by atoms with Crippen LogP contribution in [0.2, 0.25) is 0 Å². The van der Waals surface area contributed by atoms with E-state index in [1.54, 1.807) is 23.9 Å². The smallest absolute Gasteiger partial charge is 0.343 e. The summed E-state index contributed by atoms with van der Waals surface area (Å²) in [5.41, 5.74) is 7.21. The fourth-order valence-corrected chi connectivity index (χ4v) is 2.08. The highest BCUT2D eigenvalue weighted by molar-refractivity contribution is 9.08. The van der Waals surface area contributed by atoms with Crippen LogP contribution in [-0.4, -0.2) is 31.9 Å². The number of primary amides is 1. The molecule has 0 atom stereocenters. The molecule has 0 spiro atoms. The van der Waals surface area contributed by atoms with E-state index in [0.29, 0.717) is 5.56 Å². The summed E-state index contributed by atoms with van der Waals surface area (Å²) in [4.78, 5) is 22.9. The summed E-state index contributed by atoms with van der Waals surface area (Å²) in [6.07, 6.45) is 3.28. The molecule has 142 valence electrons. The van der Waals surface area contributed by atoms with Crippen molar-refractivity contribution >= 4 is 27.8 Å². The van der Waals surface area contributed by atoms with Crippen molar-refractivity contribution in [1.82, 2.24) is 0 Å². The topological polar surface area (TPSA) is 82.5 Å². The van der Waals surface area contributed by atoms with E-state index in [0.717, 1.165) is 16.9 Å². The number of hydrogen-bond acceptors (Lipinski definition) is 4. The van der Waals surface area contributed by atoms with Crippen molar-refractivity contribution in [2.75, 3.05) is 20.1 Å². The van der Waals surface area contributed by atoms with Crippen LogP contribution < -0.4 is 15.0 Å². The van der Waals surface area contributed by atoms with Crippen LogP contribution in [0.25, 0.3) is 11.1 Å². The van der Waals surface area contributed by atoms with E-state index in [-0.39, 0.29) is 6.54 Å². The first-order valence-corrected chi connectivity index (χ1v) is 9.55. The number of ether oxygens (including phenoxy) is 2. The molecule has 0 aliphatic carbocycles. The summed E-state index contributed by atoms with van der Waals surface area (Å²) in [5, 5.41) is 0. The molecule has 0 aliphatic heterocycles. The lowest BCUT2D eigenvalue weighted by atomic mass is 10.1. The first-order valence-electron chi connectivity index (χ1n) is 7.96. The van der Waals surface area contributed by atoms with Crippen molar-refractivity contribution in [3.63, 3.8) is 0 Å². The monoisotopic (exact) mass is 425 g/mol. The van der Waals surface area contributed by atoms with E-state index in [1.807, 2.05) is 43.9 Å². The number of methoxy groups -OCH3 is 2. The molecule has 0 aliphatic rings. The second-order valence-corrected chi connectivity index (χ2v) is 4.67. The van der Waals surface area contributed by atoms with Crippen molar-refractivity contribution < 1.29 is 23.6 Å². The minimum absolute atomic E-state index is 0.0199. The van der Waals surface area contributed by atoms with Crippen LogP contribution in [0.15, 0.2) is 42.7 Å². The van der Waals surface area contributed by atoms with Gasteiger partial charge in [0.05, 0.1) is 14.2 Å². The second-order valence-electron chi connectivity index (χ2n) is 4.67. The van der Waals surface area contributed by atoms with Gasteiger partial charge >= 0.3 is 5.97 Å². The minimum atomic E-state index is -0.493. The first-order chi connectivity index (χ1) is 12.5. The van der Waals surface area contributed by atoms with Crippen LogP contribution in [0.1, 0.15) is 24.2 Å². The molecule has 1 heterocycles. The normalized spacial score (nSPS) is 9.00. The largest absolute Gasteiger partial charge is 0.497 e. The average Bonchev–Trinajstić information content (AvgIpc) is 2.69. The molecular weight excluding hydrogens is 400 g/mol. The number of halogens is 1. The maximum atomic E-state index is 11.8. The zero-order valence-electron chi connectivity index (χ0n) is 15.8. The molecule has 2 aromatic rings. The SMILES string of the molecule is CBr.CC.COC(=O)c1cc(-c2ccc(OC)cc2)c[n+](CC(N)=O)c1. The molecule has 1 aromatic carbocycles. The van der Waals surface area contributed by atoms with E-state index in [4.69, 9.17) is 15.2 Å². The zero-order valence-corrected chi connectivity index (χ0v) is 17.4. The fraction of sp³-hybridized carbons (Fsp3) is 0.316. The van der Waals surface area contributed by atoms with E-state index in [2.05, 4.69) is 15.9 Å². The highest BCUT2D eigenvalue weighted by Crippen LogP contribution is 2.22. The molecule has 0 bridgehead atoms. The van der Waals surface area contributed by atoms with Gasteiger partial charge in [-0.15, -0.1) is 0 Å². The number of hydrogen-bond donors (Lipinski definition) is 1. The highest BCUT2D eigenvalue weighted by atomic mass is 79.9. The van der Waals surface area contributed by atoms with E-state index < -0.39 is 11.9 Å². The van der Waals surface area contributed by atoms with Gasteiger partial charge in [0, 0.05) is 5.56 Å². The van der Waals surface area contributed by atoms with Gasteiger partial charge in [-0.3, -0.25) is 4.79 Å².